The van der Waals surface area contributed by atoms with Crippen molar-refractivity contribution in [3.63, 3.8) is 0 Å². The Kier molecular flexibility index (Phi) is 3.59. The van der Waals surface area contributed by atoms with E-state index in [9.17, 15) is 0 Å². The van der Waals surface area contributed by atoms with Crippen LogP contribution < -0.4 is 0 Å². The summed E-state index contributed by atoms with van der Waals surface area (Å²) in [6.07, 6.45) is 1.84. The van der Waals surface area contributed by atoms with Crippen LogP contribution in [0.1, 0.15) is 22.1 Å². The fourth-order valence-corrected chi connectivity index (χ4v) is 3.65. The molecule has 0 spiro atoms. The number of hydrogen-bond donors (Lipinski definition) is 0. The smallest absolute Gasteiger partial charge is 0.113 e. The zero-order valence-electron chi connectivity index (χ0n) is 12.3. The predicted molar refractivity (Wildman–Crippen MR) is 93.0 cm³/mol. The van der Waals surface area contributed by atoms with Gasteiger partial charge in [-0.15, -0.1) is 16.4 Å². The highest BCUT2D eigenvalue weighted by atomic mass is 35.5. The molecule has 1 unspecified atom stereocenters. The Morgan fingerprint density at radius 3 is 2.61 bits per heavy atom. The molecule has 6 heteroatoms. The van der Waals surface area contributed by atoms with Gasteiger partial charge >= 0.3 is 0 Å². The van der Waals surface area contributed by atoms with Gasteiger partial charge in [-0.25, -0.2) is 9.67 Å². The SMILES string of the molecule is Cn1nnc2ccc(C(c3ccc(Cl)cc3)c3nccs3)cc21. The van der Waals surface area contributed by atoms with Crippen molar-refractivity contribution >= 4 is 34.0 Å². The second-order valence-electron chi connectivity index (χ2n) is 5.32. The number of fused-ring (bicyclic) bond motifs is 1. The van der Waals surface area contributed by atoms with E-state index in [-0.39, 0.29) is 5.92 Å². The largest absolute Gasteiger partial charge is 0.249 e. The highest BCUT2D eigenvalue weighted by molar-refractivity contribution is 7.09. The zero-order valence-corrected chi connectivity index (χ0v) is 13.9. The Labute approximate surface area is 142 Å². The van der Waals surface area contributed by atoms with Crippen molar-refractivity contribution in [3.8, 4) is 0 Å². The lowest BCUT2D eigenvalue weighted by molar-refractivity contribution is 0.736. The first-order chi connectivity index (χ1) is 11.2. The van der Waals surface area contributed by atoms with Crippen LogP contribution in [0.2, 0.25) is 5.02 Å². The molecule has 2 heterocycles. The fourth-order valence-electron chi connectivity index (χ4n) is 2.74. The van der Waals surface area contributed by atoms with Crippen molar-refractivity contribution < 1.29 is 0 Å². The van der Waals surface area contributed by atoms with Crippen LogP contribution in [0.3, 0.4) is 0 Å². The Balaban J connectivity index is 1.89. The van der Waals surface area contributed by atoms with E-state index in [0.29, 0.717) is 0 Å². The summed E-state index contributed by atoms with van der Waals surface area (Å²) in [5.74, 6) is 0.0755. The lowest BCUT2D eigenvalue weighted by Crippen LogP contribution is -2.03. The first-order valence-corrected chi connectivity index (χ1v) is 8.42. The van der Waals surface area contributed by atoms with E-state index < -0.39 is 0 Å². The summed E-state index contributed by atoms with van der Waals surface area (Å²) >= 11 is 7.69. The number of halogens is 1. The van der Waals surface area contributed by atoms with E-state index in [1.54, 1.807) is 16.0 Å². The third kappa shape index (κ3) is 2.62. The van der Waals surface area contributed by atoms with Crippen LogP contribution in [-0.2, 0) is 7.05 Å². The van der Waals surface area contributed by atoms with Crippen molar-refractivity contribution in [2.45, 2.75) is 5.92 Å². The van der Waals surface area contributed by atoms with Crippen molar-refractivity contribution in [3.05, 3.63) is 75.2 Å². The van der Waals surface area contributed by atoms with Gasteiger partial charge < -0.3 is 0 Å². The maximum absolute atomic E-state index is 6.04. The van der Waals surface area contributed by atoms with Gasteiger partial charge in [0.2, 0.25) is 0 Å². The van der Waals surface area contributed by atoms with Crippen LogP contribution in [-0.4, -0.2) is 20.0 Å². The van der Waals surface area contributed by atoms with Gasteiger partial charge in [-0.1, -0.05) is 35.0 Å². The minimum atomic E-state index is 0.0755. The van der Waals surface area contributed by atoms with Gasteiger partial charge in [-0.2, -0.15) is 0 Å². The van der Waals surface area contributed by atoms with Crippen LogP contribution >= 0.6 is 22.9 Å². The van der Waals surface area contributed by atoms with E-state index in [1.807, 2.05) is 36.8 Å². The maximum Gasteiger partial charge on any atom is 0.113 e. The molecular formula is C17H13ClN4S. The molecule has 23 heavy (non-hydrogen) atoms. The first kappa shape index (κ1) is 14.4. The predicted octanol–water partition coefficient (Wildman–Crippen LogP) is 4.26. The minimum Gasteiger partial charge on any atom is -0.249 e. The summed E-state index contributed by atoms with van der Waals surface area (Å²) in [4.78, 5) is 4.53. The fraction of sp³-hybridized carbons (Fsp3) is 0.118. The summed E-state index contributed by atoms with van der Waals surface area (Å²) in [5.41, 5.74) is 4.24. The molecule has 4 nitrogen and oxygen atoms in total. The molecule has 0 saturated carbocycles. The summed E-state index contributed by atoms with van der Waals surface area (Å²) in [6.45, 7) is 0. The molecule has 2 aromatic carbocycles. The van der Waals surface area contributed by atoms with Gasteiger partial charge in [-0.3, -0.25) is 0 Å². The lowest BCUT2D eigenvalue weighted by atomic mass is 9.91. The molecule has 0 aliphatic rings. The topological polar surface area (TPSA) is 43.6 Å². The Hall–Kier alpha value is -2.24. The first-order valence-electron chi connectivity index (χ1n) is 7.16. The monoisotopic (exact) mass is 340 g/mol. The van der Waals surface area contributed by atoms with Crippen molar-refractivity contribution in [2.75, 3.05) is 0 Å². The molecule has 114 valence electrons. The third-order valence-electron chi connectivity index (χ3n) is 3.87. The Morgan fingerprint density at radius 2 is 1.87 bits per heavy atom. The molecule has 0 fully saturated rings. The number of hydrogen-bond acceptors (Lipinski definition) is 4. The number of nitrogens with zero attached hydrogens (tertiary/aromatic N) is 4. The second-order valence-corrected chi connectivity index (χ2v) is 6.68. The Morgan fingerprint density at radius 1 is 1.09 bits per heavy atom. The average molecular weight is 341 g/mol. The molecule has 0 radical (unpaired) electrons. The standard InChI is InChI=1S/C17H13ClN4S/c1-22-15-10-12(4-7-14(15)20-21-22)16(17-19-8-9-23-17)11-2-5-13(18)6-3-11/h2-10,16H,1H3. The van der Waals surface area contributed by atoms with Crippen LogP contribution in [0.25, 0.3) is 11.0 Å². The molecule has 4 rings (SSSR count). The highest BCUT2D eigenvalue weighted by Crippen LogP contribution is 2.34. The molecule has 0 amide bonds. The highest BCUT2D eigenvalue weighted by Gasteiger charge is 2.20. The number of aromatic nitrogens is 4. The summed E-state index contributed by atoms with van der Waals surface area (Å²) in [7, 11) is 1.90. The normalized spacial score (nSPS) is 12.6. The summed E-state index contributed by atoms with van der Waals surface area (Å²) in [6, 6.07) is 14.2. The Bertz CT molecular complexity index is 945. The number of thiazole rings is 1. The van der Waals surface area contributed by atoms with Gasteiger partial charge in [0.25, 0.3) is 0 Å². The van der Waals surface area contributed by atoms with Crippen LogP contribution in [0.5, 0.6) is 0 Å². The zero-order chi connectivity index (χ0) is 15.8. The minimum absolute atomic E-state index is 0.0755. The molecule has 1 atom stereocenters. The quantitative estimate of drug-likeness (QED) is 0.559. The molecular weight excluding hydrogens is 328 g/mol. The third-order valence-corrected chi connectivity index (χ3v) is 4.96. The summed E-state index contributed by atoms with van der Waals surface area (Å²) < 4.78 is 1.79. The molecule has 0 aliphatic heterocycles. The van der Waals surface area contributed by atoms with E-state index in [1.165, 1.54) is 11.1 Å². The number of benzene rings is 2. The van der Waals surface area contributed by atoms with Gasteiger partial charge in [-0.05, 0) is 35.4 Å². The molecule has 0 bridgehead atoms. The molecule has 0 aliphatic carbocycles. The van der Waals surface area contributed by atoms with E-state index in [2.05, 4.69) is 39.6 Å². The van der Waals surface area contributed by atoms with Crippen LogP contribution in [0, 0.1) is 0 Å². The van der Waals surface area contributed by atoms with E-state index in [0.717, 1.165) is 21.1 Å². The maximum atomic E-state index is 6.04. The molecule has 0 N–H and O–H groups in total. The van der Waals surface area contributed by atoms with Crippen molar-refractivity contribution in [2.24, 2.45) is 7.05 Å². The summed E-state index contributed by atoms with van der Waals surface area (Å²) in [5, 5.41) is 12.0. The average Bonchev–Trinajstić information content (AvgIpc) is 3.21. The van der Waals surface area contributed by atoms with Gasteiger partial charge in [0.1, 0.15) is 10.5 Å². The van der Waals surface area contributed by atoms with E-state index >= 15 is 0 Å². The molecule has 0 saturated heterocycles. The van der Waals surface area contributed by atoms with Gasteiger partial charge in [0.15, 0.2) is 0 Å². The lowest BCUT2D eigenvalue weighted by Gasteiger charge is -2.16. The molecule has 2 aromatic heterocycles. The van der Waals surface area contributed by atoms with Crippen LogP contribution in [0.4, 0.5) is 0 Å². The van der Waals surface area contributed by atoms with Crippen molar-refractivity contribution in [1.82, 2.24) is 20.0 Å². The van der Waals surface area contributed by atoms with E-state index in [4.69, 9.17) is 11.6 Å². The van der Waals surface area contributed by atoms with Gasteiger partial charge in [0.05, 0.1) is 11.4 Å². The number of aryl methyl sites for hydroxylation is 1. The number of rotatable bonds is 3. The second kappa shape index (κ2) is 5.76. The molecule has 4 aromatic rings. The van der Waals surface area contributed by atoms with Gasteiger partial charge in [0, 0.05) is 23.6 Å². The van der Waals surface area contributed by atoms with Crippen LogP contribution in [0.15, 0.2) is 54.0 Å². The van der Waals surface area contributed by atoms with Crippen molar-refractivity contribution in [1.29, 1.82) is 0 Å².